The molecular weight excluding hydrogens is 340 g/mol. The van der Waals surface area contributed by atoms with Gasteiger partial charge in [0.2, 0.25) is 0 Å². The summed E-state index contributed by atoms with van der Waals surface area (Å²) in [6, 6.07) is 11.4. The first-order chi connectivity index (χ1) is 11.7. The molecule has 0 aliphatic heterocycles. The first kappa shape index (κ1) is 19.0. The van der Waals surface area contributed by atoms with Crippen LogP contribution in [0.1, 0.15) is 28.4 Å². The number of amides is 1. The standard InChI is InChI=1S/C18H22N2O4S/c1-12-7-8-13(2)17(9-12)25(23,24)20-16-6-4-5-15(10-16)18(22)19-11-14(3)21/h4-10,14,20-21H,11H2,1-3H3,(H,19,22)/t14-/m1/s1. The van der Waals surface area contributed by atoms with Crippen molar-refractivity contribution in [2.45, 2.75) is 31.8 Å². The van der Waals surface area contributed by atoms with Crippen molar-refractivity contribution >= 4 is 21.6 Å². The highest BCUT2D eigenvalue weighted by Crippen LogP contribution is 2.21. The zero-order valence-electron chi connectivity index (χ0n) is 14.4. The molecular formula is C18H22N2O4S. The van der Waals surface area contributed by atoms with Gasteiger partial charge in [-0.05, 0) is 56.2 Å². The average molecular weight is 362 g/mol. The van der Waals surface area contributed by atoms with Gasteiger partial charge in [0.05, 0.1) is 11.0 Å². The van der Waals surface area contributed by atoms with E-state index in [-0.39, 0.29) is 17.3 Å². The molecule has 2 aromatic carbocycles. The molecule has 0 aliphatic carbocycles. The van der Waals surface area contributed by atoms with Gasteiger partial charge in [0.25, 0.3) is 15.9 Å². The highest BCUT2D eigenvalue weighted by molar-refractivity contribution is 7.92. The summed E-state index contributed by atoms with van der Waals surface area (Å²) in [7, 11) is -3.76. The third kappa shape index (κ3) is 5.04. The lowest BCUT2D eigenvalue weighted by Gasteiger charge is -2.12. The summed E-state index contributed by atoms with van der Waals surface area (Å²) >= 11 is 0. The molecule has 1 atom stereocenters. The van der Waals surface area contributed by atoms with Gasteiger partial charge in [0.1, 0.15) is 0 Å². The van der Waals surface area contributed by atoms with Crippen LogP contribution in [0, 0.1) is 13.8 Å². The van der Waals surface area contributed by atoms with E-state index < -0.39 is 16.1 Å². The van der Waals surface area contributed by atoms with E-state index in [1.54, 1.807) is 44.2 Å². The highest BCUT2D eigenvalue weighted by Gasteiger charge is 2.18. The molecule has 1 amide bonds. The highest BCUT2D eigenvalue weighted by atomic mass is 32.2. The quantitative estimate of drug-likeness (QED) is 0.734. The van der Waals surface area contributed by atoms with Crippen molar-refractivity contribution in [3.63, 3.8) is 0 Å². The van der Waals surface area contributed by atoms with E-state index in [0.29, 0.717) is 16.8 Å². The molecule has 3 N–H and O–H groups in total. The van der Waals surface area contributed by atoms with E-state index >= 15 is 0 Å². The number of hydrogen-bond acceptors (Lipinski definition) is 4. The summed E-state index contributed by atoms with van der Waals surface area (Å²) in [5, 5.41) is 11.8. The van der Waals surface area contributed by atoms with Gasteiger partial charge in [0.15, 0.2) is 0 Å². The average Bonchev–Trinajstić information content (AvgIpc) is 2.54. The number of aliphatic hydroxyl groups is 1. The second-order valence-corrected chi connectivity index (χ2v) is 7.67. The molecule has 2 aromatic rings. The van der Waals surface area contributed by atoms with E-state index in [1.807, 2.05) is 13.0 Å². The molecule has 7 heteroatoms. The summed E-state index contributed by atoms with van der Waals surface area (Å²) in [5.41, 5.74) is 2.09. The number of nitrogens with one attached hydrogen (secondary N) is 2. The number of hydrogen-bond donors (Lipinski definition) is 3. The van der Waals surface area contributed by atoms with Crippen LogP contribution < -0.4 is 10.0 Å². The molecule has 6 nitrogen and oxygen atoms in total. The summed E-state index contributed by atoms with van der Waals surface area (Å²) in [6.45, 7) is 5.24. The zero-order valence-corrected chi connectivity index (χ0v) is 15.2. The van der Waals surface area contributed by atoms with Crippen LogP contribution >= 0.6 is 0 Å². The number of anilines is 1. The van der Waals surface area contributed by atoms with Crippen LogP contribution in [0.2, 0.25) is 0 Å². The number of sulfonamides is 1. The Hall–Kier alpha value is -2.38. The van der Waals surface area contributed by atoms with Crippen molar-refractivity contribution in [3.05, 3.63) is 59.2 Å². The molecule has 0 aliphatic rings. The molecule has 0 heterocycles. The Morgan fingerprint density at radius 2 is 1.88 bits per heavy atom. The van der Waals surface area contributed by atoms with Crippen LogP contribution in [0.15, 0.2) is 47.4 Å². The molecule has 2 rings (SSSR count). The van der Waals surface area contributed by atoms with E-state index in [2.05, 4.69) is 10.0 Å². The van der Waals surface area contributed by atoms with Crippen LogP contribution in [0.25, 0.3) is 0 Å². The van der Waals surface area contributed by atoms with E-state index in [9.17, 15) is 18.3 Å². The van der Waals surface area contributed by atoms with Crippen LogP contribution in [0.3, 0.4) is 0 Å². The number of benzene rings is 2. The Kier molecular flexibility index (Phi) is 5.81. The molecule has 0 fully saturated rings. The Morgan fingerprint density at radius 3 is 2.56 bits per heavy atom. The van der Waals surface area contributed by atoms with Gasteiger partial charge in [-0.15, -0.1) is 0 Å². The number of aliphatic hydroxyl groups excluding tert-OH is 1. The van der Waals surface area contributed by atoms with Gasteiger partial charge in [-0.3, -0.25) is 9.52 Å². The van der Waals surface area contributed by atoms with Crippen LogP contribution in [-0.2, 0) is 10.0 Å². The topological polar surface area (TPSA) is 95.5 Å². The Bertz CT molecular complexity index is 876. The van der Waals surface area contributed by atoms with Crippen molar-refractivity contribution in [2.75, 3.05) is 11.3 Å². The van der Waals surface area contributed by atoms with E-state index in [1.165, 1.54) is 6.07 Å². The molecule has 0 saturated heterocycles. The maximum Gasteiger partial charge on any atom is 0.262 e. The normalized spacial score (nSPS) is 12.5. The third-order valence-corrected chi connectivity index (χ3v) is 5.09. The van der Waals surface area contributed by atoms with Crippen molar-refractivity contribution in [2.24, 2.45) is 0 Å². The molecule has 0 unspecified atom stereocenters. The fraction of sp³-hybridized carbons (Fsp3) is 0.278. The summed E-state index contributed by atoms with van der Waals surface area (Å²) < 4.78 is 27.8. The first-order valence-electron chi connectivity index (χ1n) is 7.85. The minimum absolute atomic E-state index is 0.122. The second-order valence-electron chi connectivity index (χ2n) is 6.01. The summed E-state index contributed by atoms with van der Waals surface area (Å²) in [6.07, 6.45) is -0.657. The Morgan fingerprint density at radius 1 is 1.16 bits per heavy atom. The summed E-state index contributed by atoms with van der Waals surface area (Å²) in [5.74, 6) is -0.381. The van der Waals surface area contributed by atoms with Crippen LogP contribution in [0.4, 0.5) is 5.69 Å². The SMILES string of the molecule is Cc1ccc(C)c(S(=O)(=O)Nc2cccc(C(=O)NC[C@@H](C)O)c2)c1. The number of rotatable bonds is 6. The van der Waals surface area contributed by atoms with Crippen molar-refractivity contribution in [1.82, 2.24) is 5.32 Å². The monoisotopic (exact) mass is 362 g/mol. The molecule has 0 spiro atoms. The van der Waals surface area contributed by atoms with Gasteiger partial charge in [-0.2, -0.15) is 0 Å². The number of carbonyl (C=O) groups is 1. The summed E-state index contributed by atoms with van der Waals surface area (Å²) in [4.78, 5) is 12.2. The molecule has 0 radical (unpaired) electrons. The maximum atomic E-state index is 12.6. The minimum Gasteiger partial charge on any atom is -0.392 e. The predicted molar refractivity (Wildman–Crippen MR) is 97.2 cm³/mol. The molecule has 0 saturated carbocycles. The maximum absolute atomic E-state index is 12.6. The first-order valence-corrected chi connectivity index (χ1v) is 9.34. The van der Waals surface area contributed by atoms with Gasteiger partial charge in [-0.25, -0.2) is 8.42 Å². The molecule has 25 heavy (non-hydrogen) atoms. The fourth-order valence-corrected chi connectivity index (χ4v) is 3.65. The molecule has 0 aromatic heterocycles. The lowest BCUT2D eigenvalue weighted by Crippen LogP contribution is -2.30. The van der Waals surface area contributed by atoms with Gasteiger partial charge < -0.3 is 10.4 Å². The fourth-order valence-electron chi connectivity index (χ4n) is 2.27. The molecule has 0 bridgehead atoms. The van der Waals surface area contributed by atoms with Gasteiger partial charge >= 0.3 is 0 Å². The third-order valence-electron chi connectivity index (χ3n) is 3.57. The van der Waals surface area contributed by atoms with E-state index in [4.69, 9.17) is 0 Å². The van der Waals surface area contributed by atoms with Gasteiger partial charge in [-0.1, -0.05) is 18.2 Å². The van der Waals surface area contributed by atoms with Crippen LogP contribution in [-0.4, -0.2) is 32.1 Å². The number of aryl methyl sites for hydroxylation is 2. The molecule has 134 valence electrons. The van der Waals surface area contributed by atoms with Crippen LogP contribution in [0.5, 0.6) is 0 Å². The van der Waals surface area contributed by atoms with E-state index in [0.717, 1.165) is 5.56 Å². The lowest BCUT2D eigenvalue weighted by atomic mass is 10.2. The van der Waals surface area contributed by atoms with Gasteiger partial charge in [0, 0.05) is 17.8 Å². The predicted octanol–water partition coefficient (Wildman–Crippen LogP) is 2.21. The lowest BCUT2D eigenvalue weighted by molar-refractivity contribution is 0.0924. The Labute approximate surface area is 147 Å². The minimum atomic E-state index is -3.76. The number of carbonyl (C=O) groups excluding carboxylic acids is 1. The smallest absolute Gasteiger partial charge is 0.262 e. The van der Waals surface area contributed by atoms with Crippen molar-refractivity contribution < 1.29 is 18.3 Å². The zero-order chi connectivity index (χ0) is 18.6. The Balaban J connectivity index is 2.24. The van der Waals surface area contributed by atoms with Crippen molar-refractivity contribution in [3.8, 4) is 0 Å². The van der Waals surface area contributed by atoms with Crippen molar-refractivity contribution in [1.29, 1.82) is 0 Å². The second kappa shape index (κ2) is 7.67. The largest absolute Gasteiger partial charge is 0.392 e.